The van der Waals surface area contributed by atoms with Crippen LogP contribution in [-0.2, 0) is 16.2 Å². The van der Waals surface area contributed by atoms with Gasteiger partial charge < -0.3 is 14.9 Å². The highest BCUT2D eigenvalue weighted by molar-refractivity contribution is 6.45. The van der Waals surface area contributed by atoms with E-state index in [9.17, 15) is 4.79 Å². The molecule has 0 aliphatic rings. The zero-order valence-electron chi connectivity index (χ0n) is 13.5. The summed E-state index contributed by atoms with van der Waals surface area (Å²) >= 11 is 18.1. The molecule has 5 nitrogen and oxygen atoms in total. The molecular formula is C17H15Cl3N2O3. The molecule has 2 rings (SSSR count). The van der Waals surface area contributed by atoms with E-state index in [2.05, 4.69) is 10.5 Å². The second-order valence-corrected chi connectivity index (χ2v) is 6.07. The Balaban J connectivity index is 2.33. The number of carbonyl (C=O) groups is 1. The number of nitrogens with zero attached hydrogens (tertiary/aromatic N) is 1. The van der Waals surface area contributed by atoms with Crippen molar-refractivity contribution in [2.24, 2.45) is 5.16 Å². The molecule has 0 fully saturated rings. The first-order chi connectivity index (χ1) is 12.0. The average molecular weight is 402 g/mol. The molecule has 2 aromatic rings. The Kier molecular flexibility index (Phi) is 6.93. The summed E-state index contributed by atoms with van der Waals surface area (Å²) in [5, 5.41) is 7.30. The Morgan fingerprint density at radius 3 is 2.60 bits per heavy atom. The van der Waals surface area contributed by atoms with Gasteiger partial charge in [-0.1, -0.05) is 64.2 Å². The lowest BCUT2D eigenvalue weighted by atomic mass is 10.0. The van der Waals surface area contributed by atoms with Crippen LogP contribution in [-0.4, -0.2) is 25.8 Å². The minimum absolute atomic E-state index is 0.131. The van der Waals surface area contributed by atoms with Crippen LogP contribution in [0.15, 0.2) is 41.6 Å². The van der Waals surface area contributed by atoms with Gasteiger partial charge in [0.15, 0.2) is 5.71 Å². The molecule has 2 aromatic carbocycles. The fraction of sp³-hybridized carbons (Fsp3) is 0.176. The summed E-state index contributed by atoms with van der Waals surface area (Å²) < 4.78 is 5.74. The molecular weight excluding hydrogens is 387 g/mol. The van der Waals surface area contributed by atoms with E-state index in [1.165, 1.54) is 20.2 Å². The summed E-state index contributed by atoms with van der Waals surface area (Å²) in [5.74, 6) is -0.0303. The van der Waals surface area contributed by atoms with E-state index in [1.54, 1.807) is 18.2 Å². The number of oxime groups is 1. The Labute approximate surface area is 160 Å². The average Bonchev–Trinajstić information content (AvgIpc) is 2.61. The van der Waals surface area contributed by atoms with Crippen molar-refractivity contribution in [1.29, 1.82) is 0 Å². The zero-order valence-corrected chi connectivity index (χ0v) is 15.7. The van der Waals surface area contributed by atoms with Crippen molar-refractivity contribution >= 4 is 46.4 Å². The van der Waals surface area contributed by atoms with Gasteiger partial charge in [-0.25, -0.2) is 0 Å². The number of halogens is 3. The first kappa shape index (κ1) is 19.4. The monoisotopic (exact) mass is 400 g/mol. The molecule has 0 spiro atoms. The van der Waals surface area contributed by atoms with Crippen LogP contribution in [0.3, 0.4) is 0 Å². The van der Waals surface area contributed by atoms with Gasteiger partial charge in [-0.05, 0) is 11.6 Å². The Hall–Kier alpha value is -1.95. The van der Waals surface area contributed by atoms with Gasteiger partial charge in [0.1, 0.15) is 24.5 Å². The van der Waals surface area contributed by atoms with Crippen LogP contribution in [0.1, 0.15) is 11.1 Å². The summed E-state index contributed by atoms with van der Waals surface area (Å²) in [6.07, 6.45) is 0. The topological polar surface area (TPSA) is 59.9 Å². The van der Waals surface area contributed by atoms with E-state index in [0.717, 1.165) is 0 Å². The largest absolute Gasteiger partial charge is 0.487 e. The van der Waals surface area contributed by atoms with Crippen LogP contribution in [0.5, 0.6) is 5.75 Å². The Morgan fingerprint density at radius 2 is 1.92 bits per heavy atom. The van der Waals surface area contributed by atoms with Gasteiger partial charge in [0.05, 0.1) is 5.02 Å². The minimum Gasteiger partial charge on any atom is -0.487 e. The standard InChI is InChI=1S/C17H15Cl3N2O3/c1-21-17(23)16(22-24-2)12-6-4-3-5-10(12)9-25-14-8-11(18)7-13(19)15(14)20/h3-8H,9H2,1-2H3,(H,21,23)/b22-16-. The lowest BCUT2D eigenvalue weighted by molar-refractivity contribution is -0.114. The fourth-order valence-corrected chi connectivity index (χ4v) is 2.73. The van der Waals surface area contributed by atoms with Crippen molar-refractivity contribution in [3.05, 3.63) is 62.6 Å². The number of rotatable bonds is 6. The summed E-state index contributed by atoms with van der Waals surface area (Å²) in [6, 6.07) is 10.3. The van der Waals surface area contributed by atoms with Crippen LogP contribution in [0.25, 0.3) is 0 Å². The first-order valence-electron chi connectivity index (χ1n) is 7.16. The minimum atomic E-state index is -0.377. The van der Waals surface area contributed by atoms with E-state index in [0.29, 0.717) is 26.9 Å². The molecule has 0 unspecified atom stereocenters. The van der Waals surface area contributed by atoms with Gasteiger partial charge >= 0.3 is 0 Å². The molecule has 1 N–H and O–H groups in total. The van der Waals surface area contributed by atoms with E-state index >= 15 is 0 Å². The summed E-state index contributed by atoms with van der Waals surface area (Å²) in [5.41, 5.74) is 1.43. The third kappa shape index (κ3) is 4.78. The molecule has 0 radical (unpaired) electrons. The van der Waals surface area contributed by atoms with Crippen LogP contribution in [0, 0.1) is 0 Å². The summed E-state index contributed by atoms with van der Waals surface area (Å²) in [7, 11) is 2.89. The summed E-state index contributed by atoms with van der Waals surface area (Å²) in [4.78, 5) is 16.8. The van der Waals surface area contributed by atoms with Crippen LogP contribution < -0.4 is 10.1 Å². The molecule has 0 aromatic heterocycles. The van der Waals surface area contributed by atoms with Crippen LogP contribution in [0.4, 0.5) is 0 Å². The van der Waals surface area contributed by atoms with E-state index in [1.807, 2.05) is 12.1 Å². The third-order valence-electron chi connectivity index (χ3n) is 3.24. The molecule has 132 valence electrons. The number of ether oxygens (including phenoxy) is 1. The molecule has 0 saturated carbocycles. The van der Waals surface area contributed by atoms with Gasteiger partial charge in [0.25, 0.3) is 5.91 Å². The van der Waals surface area contributed by atoms with Crippen molar-refractivity contribution in [3.8, 4) is 5.75 Å². The van der Waals surface area contributed by atoms with E-state index in [-0.39, 0.29) is 23.2 Å². The molecule has 0 saturated heterocycles. The molecule has 0 bridgehead atoms. The van der Waals surface area contributed by atoms with Crippen LogP contribution >= 0.6 is 34.8 Å². The van der Waals surface area contributed by atoms with Gasteiger partial charge in [-0.2, -0.15) is 0 Å². The smallest absolute Gasteiger partial charge is 0.273 e. The summed E-state index contributed by atoms with van der Waals surface area (Å²) in [6.45, 7) is 0.131. The maximum Gasteiger partial charge on any atom is 0.273 e. The lowest BCUT2D eigenvalue weighted by Gasteiger charge is -2.13. The molecule has 8 heteroatoms. The molecule has 0 heterocycles. The van der Waals surface area contributed by atoms with Crippen molar-refractivity contribution in [2.45, 2.75) is 6.61 Å². The highest BCUT2D eigenvalue weighted by Gasteiger charge is 2.18. The number of amides is 1. The molecule has 0 atom stereocenters. The number of benzene rings is 2. The maximum absolute atomic E-state index is 12.1. The lowest BCUT2D eigenvalue weighted by Crippen LogP contribution is -2.29. The van der Waals surface area contributed by atoms with Gasteiger partial charge in [0, 0.05) is 23.7 Å². The maximum atomic E-state index is 12.1. The number of nitrogens with one attached hydrogen (secondary N) is 1. The molecule has 25 heavy (non-hydrogen) atoms. The van der Waals surface area contributed by atoms with Crippen molar-refractivity contribution in [2.75, 3.05) is 14.2 Å². The number of hydrogen-bond donors (Lipinski definition) is 1. The second-order valence-electron chi connectivity index (χ2n) is 4.85. The fourth-order valence-electron chi connectivity index (χ4n) is 2.09. The SMILES string of the molecule is CNC(=O)/C(=N\OC)c1ccccc1COc1cc(Cl)cc(Cl)c1Cl. The van der Waals surface area contributed by atoms with Gasteiger partial charge in [-0.3, -0.25) is 4.79 Å². The van der Waals surface area contributed by atoms with Crippen LogP contribution in [0.2, 0.25) is 15.1 Å². The predicted molar refractivity (Wildman–Crippen MR) is 99.9 cm³/mol. The first-order valence-corrected chi connectivity index (χ1v) is 8.30. The predicted octanol–water partition coefficient (Wildman–Crippen LogP) is 4.32. The van der Waals surface area contributed by atoms with Crippen molar-refractivity contribution in [3.63, 3.8) is 0 Å². The quantitative estimate of drug-likeness (QED) is 0.445. The molecule has 0 aliphatic carbocycles. The van der Waals surface area contributed by atoms with Crippen molar-refractivity contribution in [1.82, 2.24) is 5.32 Å². The zero-order chi connectivity index (χ0) is 18.4. The highest BCUT2D eigenvalue weighted by Crippen LogP contribution is 2.35. The number of hydrogen-bond acceptors (Lipinski definition) is 4. The van der Waals surface area contributed by atoms with E-state index in [4.69, 9.17) is 44.4 Å². The number of likely N-dealkylation sites (N-methyl/N-ethyl adjacent to an activating group) is 1. The Morgan fingerprint density at radius 1 is 1.20 bits per heavy atom. The Bertz CT molecular complexity index is 810. The van der Waals surface area contributed by atoms with Gasteiger partial charge in [0.2, 0.25) is 0 Å². The number of carbonyl (C=O) groups excluding carboxylic acids is 1. The normalized spacial score (nSPS) is 11.2. The van der Waals surface area contributed by atoms with E-state index < -0.39 is 0 Å². The molecule has 1 amide bonds. The van der Waals surface area contributed by atoms with Crippen molar-refractivity contribution < 1.29 is 14.4 Å². The molecule has 0 aliphatic heterocycles. The third-order valence-corrected chi connectivity index (χ3v) is 4.24. The van der Waals surface area contributed by atoms with Gasteiger partial charge in [-0.15, -0.1) is 0 Å². The highest BCUT2D eigenvalue weighted by atomic mass is 35.5. The second kappa shape index (κ2) is 8.94.